The topological polar surface area (TPSA) is 110 Å². The molecular weight excluding hydrogens is 390 g/mol. The molecule has 1 fully saturated rings. The van der Waals surface area contributed by atoms with Crippen molar-refractivity contribution in [3.05, 3.63) is 29.4 Å². The minimum Gasteiger partial charge on any atom is -0.356 e. The summed E-state index contributed by atoms with van der Waals surface area (Å²) in [7, 11) is 0. The molecule has 4 rings (SSSR count). The van der Waals surface area contributed by atoms with Crippen LogP contribution < -0.4 is 10.2 Å². The molecule has 1 amide bonds. The van der Waals surface area contributed by atoms with Crippen LogP contribution in [0.1, 0.15) is 37.8 Å². The van der Waals surface area contributed by atoms with E-state index in [4.69, 9.17) is 4.52 Å². The van der Waals surface area contributed by atoms with Gasteiger partial charge in [0.15, 0.2) is 11.0 Å². The molecule has 152 valence electrons. The van der Waals surface area contributed by atoms with Gasteiger partial charge in [0, 0.05) is 43.2 Å². The van der Waals surface area contributed by atoms with E-state index < -0.39 is 0 Å². The summed E-state index contributed by atoms with van der Waals surface area (Å²) in [4.78, 5) is 32.2. The number of rotatable bonds is 6. The predicted molar refractivity (Wildman–Crippen MR) is 110 cm³/mol. The maximum Gasteiger partial charge on any atom is 0.263 e. The van der Waals surface area contributed by atoms with E-state index in [2.05, 4.69) is 42.2 Å². The fourth-order valence-corrected chi connectivity index (χ4v) is 3.92. The van der Waals surface area contributed by atoms with Crippen molar-refractivity contribution in [3.8, 4) is 11.5 Å². The summed E-state index contributed by atoms with van der Waals surface area (Å²) in [5.41, 5.74) is 0.733. The second-order valence-electron chi connectivity index (χ2n) is 7.01. The van der Waals surface area contributed by atoms with Crippen LogP contribution in [-0.2, 0) is 11.2 Å². The van der Waals surface area contributed by atoms with Gasteiger partial charge in [-0.3, -0.25) is 4.79 Å². The van der Waals surface area contributed by atoms with Gasteiger partial charge in [-0.1, -0.05) is 12.1 Å². The highest BCUT2D eigenvalue weighted by Gasteiger charge is 2.28. The van der Waals surface area contributed by atoms with Crippen molar-refractivity contribution >= 4 is 28.2 Å². The highest BCUT2D eigenvalue weighted by Crippen LogP contribution is 2.31. The normalized spacial score (nSPS) is 14.9. The standard InChI is InChI=1S/C19H23N7O2S/c1-3-4-15-23-18(28-25-15)14-11-21-12(2)22-16(14)26-8-5-13(6-9-26)17(27)24-19-20-7-10-29-19/h7,10-11,13H,3-6,8-9H2,1-2H3,(H,20,24,27). The Morgan fingerprint density at radius 1 is 1.31 bits per heavy atom. The number of amides is 1. The Bertz CT molecular complexity index is 965. The quantitative estimate of drug-likeness (QED) is 0.656. The predicted octanol–water partition coefficient (Wildman–Crippen LogP) is 3.10. The van der Waals surface area contributed by atoms with Gasteiger partial charge in [-0.15, -0.1) is 11.3 Å². The molecule has 0 atom stereocenters. The minimum atomic E-state index is -0.0407. The third-order valence-electron chi connectivity index (χ3n) is 4.89. The molecule has 0 bridgehead atoms. The van der Waals surface area contributed by atoms with Gasteiger partial charge in [-0.25, -0.2) is 15.0 Å². The molecule has 0 saturated carbocycles. The van der Waals surface area contributed by atoms with Crippen LogP contribution in [-0.4, -0.2) is 44.1 Å². The Labute approximate surface area is 172 Å². The molecule has 1 saturated heterocycles. The molecule has 0 aliphatic carbocycles. The zero-order valence-electron chi connectivity index (χ0n) is 16.5. The molecule has 1 aliphatic rings. The summed E-state index contributed by atoms with van der Waals surface area (Å²) >= 11 is 1.43. The number of nitrogens with one attached hydrogen (secondary N) is 1. The first-order chi connectivity index (χ1) is 14.1. The molecule has 3 aromatic rings. The van der Waals surface area contributed by atoms with Gasteiger partial charge in [0.1, 0.15) is 17.2 Å². The Hall–Kier alpha value is -2.88. The summed E-state index contributed by atoms with van der Waals surface area (Å²) in [6.07, 6.45) is 6.63. The van der Waals surface area contributed by atoms with Crippen molar-refractivity contribution in [1.29, 1.82) is 0 Å². The van der Waals surface area contributed by atoms with Gasteiger partial charge in [-0.2, -0.15) is 4.98 Å². The molecule has 0 aromatic carbocycles. The lowest BCUT2D eigenvalue weighted by molar-refractivity contribution is -0.120. The number of anilines is 2. The Morgan fingerprint density at radius 3 is 2.86 bits per heavy atom. The van der Waals surface area contributed by atoms with Crippen LogP contribution in [0, 0.1) is 12.8 Å². The third kappa shape index (κ3) is 4.42. The Balaban J connectivity index is 1.47. The first kappa shape index (κ1) is 19.4. The van der Waals surface area contributed by atoms with E-state index in [0.717, 1.165) is 50.2 Å². The zero-order valence-corrected chi connectivity index (χ0v) is 17.3. The molecule has 29 heavy (non-hydrogen) atoms. The van der Waals surface area contributed by atoms with Gasteiger partial charge in [0.05, 0.1) is 0 Å². The molecule has 1 aliphatic heterocycles. The number of piperidine rings is 1. The van der Waals surface area contributed by atoms with E-state index in [-0.39, 0.29) is 11.8 Å². The lowest BCUT2D eigenvalue weighted by atomic mass is 9.96. The van der Waals surface area contributed by atoms with E-state index in [0.29, 0.717) is 22.7 Å². The van der Waals surface area contributed by atoms with Gasteiger partial charge >= 0.3 is 0 Å². The van der Waals surface area contributed by atoms with E-state index in [1.54, 1.807) is 12.4 Å². The molecule has 3 aromatic heterocycles. The second kappa shape index (κ2) is 8.64. The average molecular weight is 414 g/mol. The number of aromatic nitrogens is 5. The van der Waals surface area contributed by atoms with Crippen molar-refractivity contribution in [2.75, 3.05) is 23.3 Å². The second-order valence-corrected chi connectivity index (χ2v) is 7.90. The van der Waals surface area contributed by atoms with Crippen LogP contribution in [0.5, 0.6) is 0 Å². The van der Waals surface area contributed by atoms with Crippen molar-refractivity contribution in [2.45, 2.75) is 39.5 Å². The monoisotopic (exact) mass is 413 g/mol. The Kier molecular flexibility index (Phi) is 5.79. The van der Waals surface area contributed by atoms with E-state index >= 15 is 0 Å². The minimum absolute atomic E-state index is 0.0276. The smallest absolute Gasteiger partial charge is 0.263 e. The molecule has 4 heterocycles. The largest absolute Gasteiger partial charge is 0.356 e. The van der Waals surface area contributed by atoms with Gasteiger partial charge in [-0.05, 0) is 26.2 Å². The maximum absolute atomic E-state index is 12.5. The molecular formula is C19H23N7O2S. The van der Waals surface area contributed by atoms with Crippen molar-refractivity contribution < 1.29 is 9.32 Å². The highest BCUT2D eigenvalue weighted by atomic mass is 32.1. The number of aryl methyl sites for hydroxylation is 2. The summed E-state index contributed by atoms with van der Waals surface area (Å²) in [6.45, 7) is 5.37. The number of carbonyl (C=O) groups is 1. The van der Waals surface area contributed by atoms with Crippen LogP contribution in [0.4, 0.5) is 10.9 Å². The number of nitrogens with zero attached hydrogens (tertiary/aromatic N) is 6. The van der Waals surface area contributed by atoms with Gasteiger partial charge in [0.25, 0.3) is 5.89 Å². The number of hydrogen-bond acceptors (Lipinski definition) is 9. The summed E-state index contributed by atoms with van der Waals surface area (Å²) in [5, 5.41) is 9.43. The van der Waals surface area contributed by atoms with Crippen LogP contribution in [0.3, 0.4) is 0 Å². The lowest BCUT2D eigenvalue weighted by Crippen LogP contribution is -2.39. The van der Waals surface area contributed by atoms with Crippen molar-refractivity contribution in [2.24, 2.45) is 5.92 Å². The van der Waals surface area contributed by atoms with E-state index in [1.165, 1.54) is 11.3 Å². The number of hydrogen-bond donors (Lipinski definition) is 1. The molecule has 0 spiro atoms. The first-order valence-corrected chi connectivity index (χ1v) is 10.6. The molecule has 9 nitrogen and oxygen atoms in total. The summed E-state index contributed by atoms with van der Waals surface area (Å²) < 4.78 is 5.46. The number of thiazole rings is 1. The van der Waals surface area contributed by atoms with Crippen LogP contribution in [0.2, 0.25) is 0 Å². The summed E-state index contributed by atoms with van der Waals surface area (Å²) in [5.74, 6) is 2.57. The van der Waals surface area contributed by atoms with Crippen LogP contribution >= 0.6 is 11.3 Å². The molecule has 1 N–H and O–H groups in total. The molecule has 0 radical (unpaired) electrons. The van der Waals surface area contributed by atoms with E-state index in [9.17, 15) is 4.79 Å². The molecule has 0 unspecified atom stereocenters. The molecule has 10 heteroatoms. The number of carbonyl (C=O) groups excluding carboxylic acids is 1. The average Bonchev–Trinajstić information content (AvgIpc) is 3.41. The van der Waals surface area contributed by atoms with Crippen molar-refractivity contribution in [3.63, 3.8) is 0 Å². The summed E-state index contributed by atoms with van der Waals surface area (Å²) in [6, 6.07) is 0. The van der Waals surface area contributed by atoms with Gasteiger partial charge in [0.2, 0.25) is 5.91 Å². The fraction of sp³-hybridized carbons (Fsp3) is 0.474. The fourth-order valence-electron chi connectivity index (χ4n) is 3.38. The lowest BCUT2D eigenvalue weighted by Gasteiger charge is -2.32. The third-order valence-corrected chi connectivity index (χ3v) is 5.58. The van der Waals surface area contributed by atoms with Crippen molar-refractivity contribution in [1.82, 2.24) is 25.1 Å². The maximum atomic E-state index is 12.5. The van der Waals surface area contributed by atoms with E-state index in [1.807, 2.05) is 12.3 Å². The zero-order chi connectivity index (χ0) is 20.2. The SMILES string of the molecule is CCCc1noc(-c2cnc(C)nc2N2CCC(C(=O)Nc3nccs3)CC2)n1. The van der Waals surface area contributed by atoms with Gasteiger partial charge < -0.3 is 14.7 Å². The first-order valence-electron chi connectivity index (χ1n) is 9.76. The Morgan fingerprint density at radius 2 is 2.14 bits per heavy atom. The van der Waals surface area contributed by atoms with Crippen LogP contribution in [0.25, 0.3) is 11.5 Å². The van der Waals surface area contributed by atoms with Crippen LogP contribution in [0.15, 0.2) is 22.3 Å². The highest BCUT2D eigenvalue weighted by molar-refractivity contribution is 7.13.